The highest BCUT2D eigenvalue weighted by atomic mass is 35.5. The third-order valence-electron chi connectivity index (χ3n) is 5.61. The summed E-state index contributed by atoms with van der Waals surface area (Å²) in [7, 11) is 1.58. The second-order valence-corrected chi connectivity index (χ2v) is 8.71. The Morgan fingerprint density at radius 3 is 2.46 bits per heavy atom. The fraction of sp³-hybridized carbons (Fsp3) is 0.154. The highest BCUT2D eigenvalue weighted by molar-refractivity contribution is 6.42. The maximum Gasteiger partial charge on any atom is 0.311 e. The Labute approximate surface area is 210 Å². The van der Waals surface area contributed by atoms with Gasteiger partial charge in [-0.3, -0.25) is 9.48 Å². The molecule has 1 unspecified atom stereocenters. The fourth-order valence-electron chi connectivity index (χ4n) is 3.81. The number of methoxy groups -OCH3 is 1. The zero-order chi connectivity index (χ0) is 25.1. The number of hydrogen-bond donors (Lipinski definition) is 1. The molecular weight excluding hydrogens is 497 g/mol. The standard InChI is InChI=1S/C26H20Cl2F2N2O3/c1-35-18-8-5-15(6-9-18)14-32-24(16-7-10-21(27)22(28)11-16)13-17(31-32)12-20(26(33)34)19-3-2-4-23(29)25(19)30/h2-11,13,20H,12,14H2,1H3,(H,33,34). The van der Waals surface area contributed by atoms with Crippen molar-refractivity contribution >= 4 is 29.2 Å². The lowest BCUT2D eigenvalue weighted by Gasteiger charge is -2.12. The van der Waals surface area contributed by atoms with Gasteiger partial charge < -0.3 is 9.84 Å². The first kappa shape index (κ1) is 24.7. The third kappa shape index (κ3) is 5.47. The molecule has 180 valence electrons. The molecule has 1 heterocycles. The van der Waals surface area contributed by atoms with E-state index in [1.54, 1.807) is 36.1 Å². The molecule has 0 saturated heterocycles. The van der Waals surface area contributed by atoms with Crippen molar-refractivity contribution in [1.82, 2.24) is 9.78 Å². The van der Waals surface area contributed by atoms with Crippen molar-refractivity contribution in [2.24, 2.45) is 0 Å². The Morgan fingerprint density at radius 2 is 1.80 bits per heavy atom. The number of benzene rings is 3. The number of carboxylic acid groups (broad SMARTS) is 1. The highest BCUT2D eigenvalue weighted by Crippen LogP contribution is 2.31. The smallest absolute Gasteiger partial charge is 0.311 e. The number of carbonyl (C=O) groups is 1. The predicted octanol–water partition coefficient (Wildman–Crippen LogP) is 6.60. The minimum atomic E-state index is -1.32. The Morgan fingerprint density at radius 1 is 1.06 bits per heavy atom. The van der Waals surface area contributed by atoms with Gasteiger partial charge >= 0.3 is 5.97 Å². The van der Waals surface area contributed by atoms with Crippen LogP contribution in [0.5, 0.6) is 5.75 Å². The zero-order valence-electron chi connectivity index (χ0n) is 18.5. The first-order valence-corrected chi connectivity index (χ1v) is 11.3. The van der Waals surface area contributed by atoms with E-state index < -0.39 is 23.5 Å². The second kappa shape index (κ2) is 10.5. The largest absolute Gasteiger partial charge is 0.497 e. The number of hydrogen-bond acceptors (Lipinski definition) is 3. The maximum absolute atomic E-state index is 14.4. The number of nitrogens with zero attached hydrogens (tertiary/aromatic N) is 2. The molecule has 0 amide bonds. The Balaban J connectivity index is 1.74. The quantitative estimate of drug-likeness (QED) is 0.286. The Bertz CT molecular complexity index is 1370. The van der Waals surface area contributed by atoms with Crippen LogP contribution in [0.15, 0.2) is 66.7 Å². The number of rotatable bonds is 8. The molecule has 1 N–H and O–H groups in total. The molecule has 0 spiro atoms. The van der Waals surface area contributed by atoms with Crippen molar-refractivity contribution in [3.8, 4) is 17.0 Å². The van der Waals surface area contributed by atoms with Crippen LogP contribution in [-0.2, 0) is 17.8 Å². The minimum Gasteiger partial charge on any atom is -0.497 e. The summed E-state index contributed by atoms with van der Waals surface area (Å²) in [4.78, 5) is 12.0. The van der Waals surface area contributed by atoms with Crippen molar-refractivity contribution in [2.75, 3.05) is 7.11 Å². The van der Waals surface area contributed by atoms with Crippen molar-refractivity contribution in [1.29, 1.82) is 0 Å². The van der Waals surface area contributed by atoms with Gasteiger partial charge in [0.1, 0.15) is 5.75 Å². The van der Waals surface area contributed by atoms with Gasteiger partial charge in [0.2, 0.25) is 0 Å². The molecule has 4 rings (SSSR count). The lowest BCUT2D eigenvalue weighted by atomic mass is 9.93. The van der Waals surface area contributed by atoms with Crippen LogP contribution in [0.3, 0.4) is 0 Å². The molecule has 0 bridgehead atoms. The lowest BCUT2D eigenvalue weighted by Crippen LogP contribution is -2.17. The monoisotopic (exact) mass is 516 g/mol. The molecule has 4 aromatic rings. The first-order valence-electron chi connectivity index (χ1n) is 10.6. The fourth-order valence-corrected chi connectivity index (χ4v) is 4.11. The number of halogens is 4. The summed E-state index contributed by atoms with van der Waals surface area (Å²) in [5.41, 5.74) is 2.47. The van der Waals surface area contributed by atoms with Gasteiger partial charge in [-0.1, -0.05) is 53.5 Å². The minimum absolute atomic E-state index is 0.139. The van der Waals surface area contributed by atoms with Gasteiger partial charge in [0.05, 0.1) is 41.0 Å². The number of aliphatic carboxylic acids is 1. The molecular formula is C26H20Cl2F2N2O3. The third-order valence-corrected chi connectivity index (χ3v) is 6.34. The summed E-state index contributed by atoms with van der Waals surface area (Å²) in [5, 5.41) is 15.1. The van der Waals surface area contributed by atoms with Crippen LogP contribution in [0, 0.1) is 11.6 Å². The normalized spacial score (nSPS) is 11.9. The molecule has 9 heteroatoms. The molecule has 0 aliphatic heterocycles. The van der Waals surface area contributed by atoms with Crippen LogP contribution >= 0.6 is 23.2 Å². The molecule has 0 aliphatic carbocycles. The summed E-state index contributed by atoms with van der Waals surface area (Å²) in [6.07, 6.45) is -0.139. The van der Waals surface area contributed by atoms with E-state index in [0.29, 0.717) is 33.7 Å². The van der Waals surface area contributed by atoms with Crippen LogP contribution in [-0.4, -0.2) is 28.0 Å². The number of aromatic nitrogens is 2. The lowest BCUT2D eigenvalue weighted by molar-refractivity contribution is -0.138. The second-order valence-electron chi connectivity index (χ2n) is 7.89. The van der Waals surface area contributed by atoms with Gasteiger partial charge in [0.15, 0.2) is 11.6 Å². The molecule has 35 heavy (non-hydrogen) atoms. The van der Waals surface area contributed by atoms with E-state index in [4.69, 9.17) is 27.9 Å². The molecule has 0 saturated carbocycles. The molecule has 0 radical (unpaired) electrons. The summed E-state index contributed by atoms with van der Waals surface area (Å²) in [5.74, 6) is -4.18. The van der Waals surface area contributed by atoms with E-state index in [2.05, 4.69) is 5.10 Å². The molecule has 1 aromatic heterocycles. The van der Waals surface area contributed by atoms with Crippen LogP contribution in [0.4, 0.5) is 8.78 Å². The number of carboxylic acids is 1. The predicted molar refractivity (Wildman–Crippen MR) is 130 cm³/mol. The van der Waals surface area contributed by atoms with Crippen LogP contribution < -0.4 is 4.74 Å². The maximum atomic E-state index is 14.4. The molecule has 0 aliphatic rings. The molecule has 0 fully saturated rings. The summed E-state index contributed by atoms with van der Waals surface area (Å²) >= 11 is 12.3. The van der Waals surface area contributed by atoms with Gasteiger partial charge in [-0.05, 0) is 42.0 Å². The Hall–Kier alpha value is -3.42. The molecule has 5 nitrogen and oxygen atoms in total. The van der Waals surface area contributed by atoms with Crippen molar-refractivity contribution in [3.63, 3.8) is 0 Å². The van der Waals surface area contributed by atoms with Gasteiger partial charge in [-0.25, -0.2) is 8.78 Å². The van der Waals surface area contributed by atoms with Crippen molar-refractivity contribution < 1.29 is 23.4 Å². The van der Waals surface area contributed by atoms with E-state index in [9.17, 15) is 18.7 Å². The van der Waals surface area contributed by atoms with Crippen LogP contribution in [0.1, 0.15) is 22.7 Å². The molecule has 3 aromatic carbocycles. The summed E-state index contributed by atoms with van der Waals surface area (Å²) in [6.45, 7) is 0.367. The van der Waals surface area contributed by atoms with Crippen molar-refractivity contribution in [3.05, 3.63) is 105 Å². The zero-order valence-corrected chi connectivity index (χ0v) is 20.0. The van der Waals surface area contributed by atoms with Crippen LogP contribution in [0.2, 0.25) is 10.0 Å². The Kier molecular flexibility index (Phi) is 7.38. The van der Waals surface area contributed by atoms with Crippen LogP contribution in [0.25, 0.3) is 11.3 Å². The van der Waals surface area contributed by atoms with Gasteiger partial charge in [0, 0.05) is 17.5 Å². The van der Waals surface area contributed by atoms with E-state index in [1.165, 1.54) is 12.1 Å². The van der Waals surface area contributed by atoms with E-state index >= 15 is 0 Å². The summed E-state index contributed by atoms with van der Waals surface area (Å²) < 4.78 is 35.1. The molecule has 1 atom stereocenters. The highest BCUT2D eigenvalue weighted by Gasteiger charge is 2.27. The topological polar surface area (TPSA) is 64.4 Å². The average Bonchev–Trinajstić information content (AvgIpc) is 3.24. The number of ether oxygens (including phenoxy) is 1. The summed E-state index contributed by atoms with van der Waals surface area (Å²) in [6, 6.07) is 17.8. The van der Waals surface area contributed by atoms with Gasteiger partial charge in [-0.15, -0.1) is 0 Å². The average molecular weight is 517 g/mol. The van der Waals surface area contributed by atoms with Gasteiger partial charge in [0.25, 0.3) is 0 Å². The van der Waals surface area contributed by atoms with E-state index in [0.717, 1.165) is 17.2 Å². The first-order chi connectivity index (χ1) is 16.8. The van der Waals surface area contributed by atoms with E-state index in [1.807, 2.05) is 24.3 Å². The van der Waals surface area contributed by atoms with Crippen molar-refractivity contribution in [2.45, 2.75) is 18.9 Å². The SMILES string of the molecule is COc1ccc(Cn2nc(CC(C(=O)O)c3cccc(F)c3F)cc2-c2ccc(Cl)c(Cl)c2)cc1. The van der Waals surface area contributed by atoms with Gasteiger partial charge in [-0.2, -0.15) is 5.10 Å². The van der Waals surface area contributed by atoms with E-state index in [-0.39, 0.29) is 12.0 Å².